The summed E-state index contributed by atoms with van der Waals surface area (Å²) in [6.07, 6.45) is 3.25. The second-order valence-corrected chi connectivity index (χ2v) is 5.36. The number of anilines is 1. The van der Waals surface area contributed by atoms with Crippen molar-refractivity contribution in [2.24, 2.45) is 0 Å². The van der Waals surface area contributed by atoms with Gasteiger partial charge in [-0.05, 0) is 35.9 Å². The van der Waals surface area contributed by atoms with Crippen LogP contribution in [0.4, 0.5) is 5.69 Å². The molecule has 1 N–H and O–H groups in total. The van der Waals surface area contributed by atoms with Gasteiger partial charge in [0, 0.05) is 22.3 Å². The largest absolute Gasteiger partial charge is 0.454 e. The zero-order valence-electron chi connectivity index (χ0n) is 11.0. The highest BCUT2D eigenvalue weighted by Crippen LogP contribution is 2.34. The van der Waals surface area contributed by atoms with E-state index in [1.165, 1.54) is 6.08 Å². The van der Waals surface area contributed by atoms with Crippen LogP contribution in [0.1, 0.15) is 5.56 Å². The lowest BCUT2D eigenvalue weighted by Gasteiger charge is -2.03. The average Bonchev–Trinajstić information content (AvgIpc) is 2.93. The minimum absolute atomic E-state index is 0.200. The fourth-order valence-corrected chi connectivity index (χ4v) is 2.36. The van der Waals surface area contributed by atoms with Crippen molar-refractivity contribution in [3.05, 3.63) is 58.6 Å². The van der Waals surface area contributed by atoms with Crippen molar-refractivity contribution in [3.8, 4) is 11.5 Å². The molecule has 106 valence electrons. The van der Waals surface area contributed by atoms with Crippen molar-refractivity contribution < 1.29 is 14.3 Å². The third-order valence-electron chi connectivity index (χ3n) is 2.92. The number of fused-ring (bicyclic) bond motifs is 1. The Labute approximate surface area is 130 Å². The molecule has 1 heterocycles. The molecule has 2 aromatic carbocycles. The van der Waals surface area contributed by atoms with E-state index in [2.05, 4.69) is 21.2 Å². The molecule has 0 aliphatic carbocycles. The predicted octanol–water partition coefficient (Wildman–Crippen LogP) is 3.83. The van der Waals surface area contributed by atoms with Gasteiger partial charge in [0.1, 0.15) is 0 Å². The maximum absolute atomic E-state index is 11.9. The van der Waals surface area contributed by atoms with E-state index in [9.17, 15) is 4.79 Å². The van der Waals surface area contributed by atoms with Gasteiger partial charge in [-0.15, -0.1) is 0 Å². The van der Waals surface area contributed by atoms with E-state index in [4.69, 9.17) is 9.47 Å². The van der Waals surface area contributed by atoms with Gasteiger partial charge >= 0.3 is 0 Å². The summed E-state index contributed by atoms with van der Waals surface area (Å²) in [6.45, 7) is 0.218. The molecule has 0 atom stereocenters. The molecule has 2 aromatic rings. The Bertz CT molecular complexity index is 712. The molecule has 1 aliphatic rings. The number of carbonyl (C=O) groups excluding carboxylic acids is 1. The topological polar surface area (TPSA) is 47.6 Å². The number of carbonyl (C=O) groups is 1. The zero-order valence-corrected chi connectivity index (χ0v) is 12.6. The van der Waals surface area contributed by atoms with Gasteiger partial charge in [-0.2, -0.15) is 0 Å². The van der Waals surface area contributed by atoms with Crippen molar-refractivity contribution in [1.29, 1.82) is 0 Å². The molecule has 1 amide bonds. The van der Waals surface area contributed by atoms with Gasteiger partial charge in [0.2, 0.25) is 12.7 Å². The van der Waals surface area contributed by atoms with Crippen LogP contribution >= 0.6 is 15.9 Å². The first-order chi connectivity index (χ1) is 10.2. The van der Waals surface area contributed by atoms with Gasteiger partial charge < -0.3 is 14.8 Å². The summed E-state index contributed by atoms with van der Waals surface area (Å²) in [5, 5.41) is 2.78. The molecular weight excluding hydrogens is 334 g/mol. The van der Waals surface area contributed by atoms with Crippen LogP contribution in [0.25, 0.3) is 6.08 Å². The van der Waals surface area contributed by atoms with Crippen LogP contribution in [-0.4, -0.2) is 12.7 Å². The van der Waals surface area contributed by atoms with Gasteiger partial charge in [0.05, 0.1) is 0 Å². The second-order valence-electron chi connectivity index (χ2n) is 4.45. The van der Waals surface area contributed by atoms with Crippen molar-refractivity contribution in [3.63, 3.8) is 0 Å². The fourth-order valence-electron chi connectivity index (χ4n) is 1.94. The Balaban J connectivity index is 1.66. The van der Waals surface area contributed by atoms with Gasteiger partial charge in [-0.25, -0.2) is 0 Å². The van der Waals surface area contributed by atoms with Crippen LogP contribution in [-0.2, 0) is 4.79 Å². The SMILES string of the molecule is O=C(/C=C/c1cccc(Br)c1)Nc1ccc2c(c1)OCO2. The molecule has 0 bridgehead atoms. The minimum Gasteiger partial charge on any atom is -0.454 e. The van der Waals surface area contributed by atoms with Crippen molar-refractivity contribution in [2.75, 3.05) is 12.1 Å². The Morgan fingerprint density at radius 2 is 2.00 bits per heavy atom. The number of halogens is 1. The van der Waals surface area contributed by atoms with Crippen LogP contribution in [0.5, 0.6) is 11.5 Å². The summed E-state index contributed by atoms with van der Waals surface area (Å²) < 4.78 is 11.5. The zero-order chi connectivity index (χ0) is 14.7. The lowest BCUT2D eigenvalue weighted by atomic mass is 10.2. The van der Waals surface area contributed by atoms with Crippen molar-refractivity contribution in [1.82, 2.24) is 0 Å². The van der Waals surface area contributed by atoms with Gasteiger partial charge in [0.25, 0.3) is 0 Å². The summed E-state index contributed by atoms with van der Waals surface area (Å²) in [5.41, 5.74) is 1.62. The molecule has 3 rings (SSSR count). The molecule has 0 spiro atoms. The van der Waals surface area contributed by atoms with E-state index in [1.54, 1.807) is 24.3 Å². The lowest BCUT2D eigenvalue weighted by molar-refractivity contribution is -0.111. The summed E-state index contributed by atoms with van der Waals surface area (Å²) in [6, 6.07) is 13.0. The van der Waals surface area contributed by atoms with E-state index in [0.29, 0.717) is 17.2 Å². The molecular formula is C16H12BrNO3. The molecule has 0 unspecified atom stereocenters. The molecule has 0 saturated heterocycles. The summed E-state index contributed by atoms with van der Waals surface area (Å²) in [7, 11) is 0. The number of benzene rings is 2. The molecule has 0 saturated carbocycles. The number of nitrogens with one attached hydrogen (secondary N) is 1. The summed E-state index contributed by atoms with van der Waals surface area (Å²) >= 11 is 3.39. The molecule has 21 heavy (non-hydrogen) atoms. The smallest absolute Gasteiger partial charge is 0.248 e. The van der Waals surface area contributed by atoms with Gasteiger partial charge in [0.15, 0.2) is 11.5 Å². The molecule has 1 aliphatic heterocycles. The van der Waals surface area contributed by atoms with E-state index < -0.39 is 0 Å². The Morgan fingerprint density at radius 3 is 2.86 bits per heavy atom. The van der Waals surface area contributed by atoms with Crippen molar-refractivity contribution in [2.45, 2.75) is 0 Å². The third-order valence-corrected chi connectivity index (χ3v) is 3.41. The average molecular weight is 346 g/mol. The van der Waals surface area contributed by atoms with Crippen LogP contribution in [0.3, 0.4) is 0 Å². The molecule has 4 nitrogen and oxygen atoms in total. The van der Waals surface area contributed by atoms with Crippen LogP contribution < -0.4 is 14.8 Å². The Hall–Kier alpha value is -2.27. The molecule has 0 radical (unpaired) electrons. The summed E-state index contributed by atoms with van der Waals surface area (Å²) in [5.74, 6) is 1.13. The minimum atomic E-state index is -0.200. The van der Waals surface area contributed by atoms with E-state index in [0.717, 1.165) is 10.0 Å². The highest BCUT2D eigenvalue weighted by molar-refractivity contribution is 9.10. The number of hydrogen-bond donors (Lipinski definition) is 1. The highest BCUT2D eigenvalue weighted by Gasteiger charge is 2.13. The maximum atomic E-state index is 11.9. The van der Waals surface area contributed by atoms with Crippen LogP contribution in [0.15, 0.2) is 53.0 Å². The first-order valence-electron chi connectivity index (χ1n) is 6.35. The number of rotatable bonds is 3. The van der Waals surface area contributed by atoms with E-state index in [1.807, 2.05) is 24.3 Å². The monoisotopic (exact) mass is 345 g/mol. The maximum Gasteiger partial charge on any atom is 0.248 e. The number of hydrogen-bond acceptors (Lipinski definition) is 3. The predicted molar refractivity (Wildman–Crippen MR) is 84.4 cm³/mol. The van der Waals surface area contributed by atoms with E-state index >= 15 is 0 Å². The van der Waals surface area contributed by atoms with Crippen LogP contribution in [0.2, 0.25) is 0 Å². The lowest BCUT2D eigenvalue weighted by Crippen LogP contribution is -2.07. The van der Waals surface area contributed by atoms with Gasteiger partial charge in [-0.3, -0.25) is 4.79 Å². The number of amides is 1. The highest BCUT2D eigenvalue weighted by atomic mass is 79.9. The first-order valence-corrected chi connectivity index (χ1v) is 7.14. The third kappa shape index (κ3) is 3.44. The standard InChI is InChI=1S/C16H12BrNO3/c17-12-3-1-2-11(8-12)4-7-16(19)18-13-5-6-14-15(9-13)21-10-20-14/h1-9H,10H2,(H,18,19)/b7-4+. The van der Waals surface area contributed by atoms with E-state index in [-0.39, 0.29) is 12.7 Å². The fraction of sp³-hybridized carbons (Fsp3) is 0.0625. The molecule has 0 aromatic heterocycles. The van der Waals surface area contributed by atoms with Crippen molar-refractivity contribution >= 4 is 33.6 Å². The summed E-state index contributed by atoms with van der Waals surface area (Å²) in [4.78, 5) is 11.9. The molecule has 0 fully saturated rings. The quantitative estimate of drug-likeness (QED) is 0.860. The Morgan fingerprint density at radius 1 is 1.14 bits per heavy atom. The molecule has 5 heteroatoms. The Kier molecular flexibility index (Phi) is 3.92. The number of ether oxygens (including phenoxy) is 2. The van der Waals surface area contributed by atoms with Gasteiger partial charge in [-0.1, -0.05) is 28.1 Å². The normalized spacial score (nSPS) is 12.6. The van der Waals surface area contributed by atoms with Crippen LogP contribution in [0, 0.1) is 0 Å². The first kappa shape index (κ1) is 13.7. The second kappa shape index (κ2) is 6.01.